The molecule has 36 atom stereocenters. The number of hydrogen-bond donors (Lipinski definition) is 18. The van der Waals surface area contributed by atoms with Crippen LogP contribution >= 0.6 is 0 Å². The number of esters is 1. The van der Waals surface area contributed by atoms with Crippen molar-refractivity contribution in [2.75, 3.05) is 39.6 Å². The fraction of sp³-hybridized carbons (Fsp3) is 0.937. The first-order valence-electron chi connectivity index (χ1n) is 33.1. The number of carbonyl (C=O) groups is 2. The molecule has 6 saturated heterocycles. The van der Waals surface area contributed by atoms with Gasteiger partial charge >= 0.3 is 11.9 Å². The maximum absolute atomic E-state index is 15.6. The zero-order chi connectivity index (χ0) is 69.4. The first-order valence-corrected chi connectivity index (χ1v) is 33.1. The second-order valence-corrected chi connectivity index (χ2v) is 30.6. The van der Waals surface area contributed by atoms with E-state index >= 15 is 4.79 Å². The number of hydrogen-bond acceptors (Lipinski definition) is 31. The topological polar surface area (TPSA) is 509 Å². The Bertz CT molecular complexity index is 2750. The van der Waals surface area contributed by atoms with Crippen molar-refractivity contribution >= 4 is 11.9 Å². The van der Waals surface area contributed by atoms with E-state index in [0.717, 1.165) is 5.57 Å². The van der Waals surface area contributed by atoms with Gasteiger partial charge in [0.15, 0.2) is 37.6 Å². The van der Waals surface area contributed by atoms with Gasteiger partial charge in [-0.1, -0.05) is 46.3 Å². The first kappa shape index (κ1) is 73.8. The number of carbonyl (C=O) groups excluding carboxylic acids is 1. The van der Waals surface area contributed by atoms with E-state index in [0.29, 0.717) is 51.4 Å². The minimum absolute atomic E-state index is 0.00945. The molecule has 95 heavy (non-hydrogen) atoms. The second-order valence-electron chi connectivity index (χ2n) is 30.6. The fourth-order valence-electron chi connectivity index (χ4n) is 18.7. The highest BCUT2D eigenvalue weighted by atomic mass is 16.8. The molecule has 11 aliphatic rings. The Morgan fingerprint density at radius 3 is 1.76 bits per heavy atom. The van der Waals surface area contributed by atoms with Crippen LogP contribution in [0.2, 0.25) is 0 Å². The highest BCUT2D eigenvalue weighted by Gasteiger charge is 2.73. The summed E-state index contributed by atoms with van der Waals surface area (Å²) in [6, 6.07) is 0. The van der Waals surface area contributed by atoms with E-state index in [9.17, 15) is 96.7 Å². The molecule has 6 aliphatic heterocycles. The van der Waals surface area contributed by atoms with Gasteiger partial charge in [0.05, 0.1) is 62.7 Å². The number of aliphatic hydroxyl groups excluding tert-OH is 16. The van der Waals surface area contributed by atoms with Crippen molar-refractivity contribution in [1.29, 1.82) is 0 Å². The van der Waals surface area contributed by atoms with E-state index in [4.69, 9.17) is 56.8 Å². The van der Waals surface area contributed by atoms with Gasteiger partial charge in [-0.2, -0.15) is 0 Å². The molecule has 32 nitrogen and oxygen atoms in total. The molecule has 544 valence electrons. The molecule has 5 aliphatic carbocycles. The van der Waals surface area contributed by atoms with Crippen LogP contribution in [-0.4, -0.2) is 315 Å². The summed E-state index contributed by atoms with van der Waals surface area (Å²) in [5.74, 6) is -3.42. The molecule has 0 spiro atoms. The summed E-state index contributed by atoms with van der Waals surface area (Å²) in [6.07, 6.45) is -41.1. The number of aliphatic hydroxyl groups is 17. The van der Waals surface area contributed by atoms with Gasteiger partial charge in [0.2, 0.25) is 6.29 Å². The highest BCUT2D eigenvalue weighted by molar-refractivity contribution is 5.79. The van der Waals surface area contributed by atoms with Crippen molar-refractivity contribution in [1.82, 2.24) is 0 Å². The number of carboxylic acids is 1. The minimum Gasteiger partial charge on any atom is -0.481 e. The van der Waals surface area contributed by atoms with Gasteiger partial charge in [0.1, 0.15) is 115 Å². The van der Waals surface area contributed by atoms with Crippen molar-refractivity contribution in [2.24, 2.45) is 50.2 Å². The Morgan fingerprint density at radius 1 is 0.547 bits per heavy atom. The number of carboxylic acid groups (broad SMARTS) is 1. The second kappa shape index (κ2) is 27.1. The lowest BCUT2D eigenvalue weighted by atomic mass is 9.33. The van der Waals surface area contributed by atoms with Crippen LogP contribution in [0.1, 0.15) is 106 Å². The summed E-state index contributed by atoms with van der Waals surface area (Å²) < 4.78 is 71.4. The number of fused-ring (bicyclic) bond motifs is 7. The molecule has 0 radical (unpaired) electrons. The molecule has 18 N–H and O–H groups in total. The standard InChI is InChI=1S/C63H100O32/c1-24-43(90-49-39(75)34(70)28(68)20-84-49)45(92-54-47(79)63(83,22-66)23-86-54)42(78)51(87-24)93-46-35(71)29(69)21-85-53(46)95-56(82)62-14-12-57(2,3)16-26(62)25-8-9-32-58(4)17-27(67)48(61(7,55(80)81)33(58)10-11-60(32,6)59(25,5)13-15-62)94-52-41(77)44(37(73)31(19-65)89-52)91-50-40(76)38(74)36(72)30(18-64)88-50/h8,24,26-54,64-79,83H,9-23H2,1-7H3,(H,80,81). The van der Waals surface area contributed by atoms with Crippen LogP contribution in [0.15, 0.2) is 11.6 Å². The van der Waals surface area contributed by atoms with E-state index in [1.165, 1.54) is 13.8 Å². The molecule has 0 aromatic rings. The normalized spacial score (nSPS) is 54.6. The smallest absolute Gasteiger partial charge is 0.315 e. The maximum atomic E-state index is 15.6. The van der Waals surface area contributed by atoms with Gasteiger partial charge in [-0.25, -0.2) is 0 Å². The van der Waals surface area contributed by atoms with Crippen LogP contribution in [0.25, 0.3) is 0 Å². The Labute approximate surface area is 548 Å². The average Bonchev–Trinajstić information content (AvgIpc) is 1.47. The number of aliphatic carboxylic acids is 1. The molecule has 4 saturated carbocycles. The molecule has 10 fully saturated rings. The average molecular weight is 1370 g/mol. The third-order valence-corrected chi connectivity index (χ3v) is 24.6. The maximum Gasteiger partial charge on any atom is 0.315 e. The van der Waals surface area contributed by atoms with Gasteiger partial charge in [0.25, 0.3) is 0 Å². The third-order valence-electron chi connectivity index (χ3n) is 24.6. The summed E-state index contributed by atoms with van der Waals surface area (Å²) in [4.78, 5) is 29.7. The Balaban J connectivity index is 0.835. The number of allylic oxidation sites excluding steroid dienone is 2. The minimum atomic E-state index is -2.19. The number of ether oxygens (including phenoxy) is 12. The molecule has 11 rings (SSSR count). The van der Waals surface area contributed by atoms with Crippen LogP contribution in [0.3, 0.4) is 0 Å². The zero-order valence-electron chi connectivity index (χ0n) is 54.3. The highest BCUT2D eigenvalue weighted by Crippen LogP contribution is 2.76. The lowest BCUT2D eigenvalue weighted by Crippen LogP contribution is -2.70. The summed E-state index contributed by atoms with van der Waals surface area (Å²) in [5.41, 5.74) is -6.72. The molecule has 36 unspecified atom stereocenters. The van der Waals surface area contributed by atoms with Crippen molar-refractivity contribution in [3.05, 3.63) is 11.6 Å². The van der Waals surface area contributed by atoms with E-state index in [-0.39, 0.29) is 17.8 Å². The Morgan fingerprint density at radius 2 is 1.12 bits per heavy atom. The summed E-state index contributed by atoms with van der Waals surface area (Å²) in [5, 5.41) is 197. The summed E-state index contributed by atoms with van der Waals surface area (Å²) >= 11 is 0. The van der Waals surface area contributed by atoms with Crippen LogP contribution in [-0.2, 0) is 66.4 Å². The summed E-state index contributed by atoms with van der Waals surface area (Å²) in [6.45, 7) is 9.28. The molecular weight excluding hydrogens is 1270 g/mol. The molecule has 0 aromatic carbocycles. The summed E-state index contributed by atoms with van der Waals surface area (Å²) in [7, 11) is 0. The predicted octanol–water partition coefficient (Wildman–Crippen LogP) is -5.40. The van der Waals surface area contributed by atoms with Gasteiger partial charge in [-0.05, 0) is 111 Å². The van der Waals surface area contributed by atoms with Gasteiger partial charge in [-0.15, -0.1) is 0 Å². The Hall–Kier alpha value is -2.44. The lowest BCUT2D eigenvalue weighted by Gasteiger charge is -2.71. The zero-order valence-corrected chi connectivity index (χ0v) is 54.3. The van der Waals surface area contributed by atoms with E-state index in [1.54, 1.807) is 0 Å². The Kier molecular flexibility index (Phi) is 21.0. The quantitative estimate of drug-likeness (QED) is 0.0390. The molecular formula is C63H100O32. The van der Waals surface area contributed by atoms with Crippen LogP contribution in [0.4, 0.5) is 0 Å². The van der Waals surface area contributed by atoms with Crippen LogP contribution in [0, 0.1) is 50.2 Å². The van der Waals surface area contributed by atoms with E-state index < -0.39 is 262 Å². The van der Waals surface area contributed by atoms with Crippen molar-refractivity contribution in [3.8, 4) is 0 Å². The van der Waals surface area contributed by atoms with E-state index in [1.807, 2.05) is 6.92 Å². The monoisotopic (exact) mass is 1370 g/mol. The molecule has 0 amide bonds. The third kappa shape index (κ3) is 12.3. The van der Waals surface area contributed by atoms with Crippen LogP contribution < -0.4 is 0 Å². The molecule has 0 bridgehead atoms. The largest absolute Gasteiger partial charge is 0.481 e. The molecule has 32 heteroatoms. The van der Waals surface area contributed by atoms with Crippen molar-refractivity contribution in [3.63, 3.8) is 0 Å². The molecule has 0 aromatic heterocycles. The molecule has 6 heterocycles. The van der Waals surface area contributed by atoms with Crippen LogP contribution in [0.5, 0.6) is 0 Å². The van der Waals surface area contributed by atoms with E-state index in [2.05, 4.69) is 33.8 Å². The predicted molar refractivity (Wildman–Crippen MR) is 312 cm³/mol. The van der Waals surface area contributed by atoms with Crippen molar-refractivity contribution in [2.45, 2.75) is 278 Å². The van der Waals surface area contributed by atoms with Gasteiger partial charge in [0, 0.05) is 0 Å². The van der Waals surface area contributed by atoms with Crippen molar-refractivity contribution < 1.29 is 158 Å². The van der Waals surface area contributed by atoms with Gasteiger partial charge in [-0.3, -0.25) is 9.59 Å². The SMILES string of the molecule is CC1OC(OC2C(OC(=O)C34CCC(C)(C)CC3C3=CCC5C6(C)CC(O)C(OC7OC(CO)C(O)C(OC8OC(CO)C(O)C(O)C8O)C7O)C(C)(C(=O)O)C6CCC5(C)C3(C)CC4)OCC(O)C2O)C(O)C(OC2OCC(O)(CO)C2O)C1OC1OCC(O)C(O)C1O. The number of rotatable bonds is 16. The van der Waals surface area contributed by atoms with Gasteiger partial charge < -0.3 is 149 Å². The fourth-order valence-corrected chi connectivity index (χ4v) is 18.7. The lowest BCUT2D eigenvalue weighted by molar-refractivity contribution is -0.381. The first-order chi connectivity index (χ1) is 44.5.